The van der Waals surface area contributed by atoms with Crippen molar-refractivity contribution in [3.63, 3.8) is 0 Å². The molecule has 6 rings (SSSR count). The van der Waals surface area contributed by atoms with Crippen LogP contribution in [0.25, 0.3) is 0 Å². The van der Waals surface area contributed by atoms with Crippen LogP contribution >= 0.6 is 11.5 Å². The molecule has 0 radical (unpaired) electrons. The monoisotopic (exact) mass is 506 g/mol. The Bertz CT molecular complexity index is 1220. The van der Waals surface area contributed by atoms with Crippen LogP contribution in [0.5, 0.6) is 0 Å². The Morgan fingerprint density at radius 3 is 2.54 bits per heavy atom. The van der Waals surface area contributed by atoms with Gasteiger partial charge in [0.25, 0.3) is 0 Å². The molecule has 0 spiro atoms. The van der Waals surface area contributed by atoms with Gasteiger partial charge in [0, 0.05) is 31.6 Å². The molecule has 2 fully saturated rings. The third-order valence-electron chi connectivity index (χ3n) is 7.63. The number of hydrogen-bond donors (Lipinski definition) is 1. The van der Waals surface area contributed by atoms with E-state index in [1.807, 2.05) is 6.92 Å². The van der Waals surface area contributed by atoms with Crippen molar-refractivity contribution in [1.82, 2.24) is 19.1 Å². The van der Waals surface area contributed by atoms with Crippen molar-refractivity contribution in [2.45, 2.75) is 57.3 Å². The maximum Gasteiger partial charge on any atom is 0.416 e. The molecule has 35 heavy (non-hydrogen) atoms. The number of piperidine rings is 1. The van der Waals surface area contributed by atoms with Crippen LogP contribution in [0.4, 0.5) is 28.5 Å². The van der Waals surface area contributed by atoms with Gasteiger partial charge in [-0.05, 0) is 79.7 Å². The number of aromatic nitrogens is 4. The van der Waals surface area contributed by atoms with Crippen molar-refractivity contribution in [3.05, 3.63) is 52.7 Å². The summed E-state index contributed by atoms with van der Waals surface area (Å²) in [6.45, 7) is 4.50. The van der Waals surface area contributed by atoms with Gasteiger partial charge in [-0.1, -0.05) is 6.07 Å². The zero-order valence-electron chi connectivity index (χ0n) is 19.2. The van der Waals surface area contributed by atoms with Crippen LogP contribution in [0, 0.1) is 24.6 Å². The highest BCUT2D eigenvalue weighted by Gasteiger charge is 2.43. The molecule has 2 bridgehead atoms. The molecule has 1 N–H and O–H groups in total. The summed E-state index contributed by atoms with van der Waals surface area (Å²) in [5, 5.41) is 9.37. The van der Waals surface area contributed by atoms with E-state index in [1.165, 1.54) is 22.6 Å². The average molecular weight is 507 g/mol. The molecule has 2 aliphatic heterocycles. The molecule has 3 aliphatic rings. The average Bonchev–Trinajstić information content (AvgIpc) is 3.48. The normalized spacial score (nSPS) is 26.1. The fourth-order valence-electron chi connectivity index (χ4n) is 6.07. The van der Waals surface area contributed by atoms with Crippen molar-refractivity contribution in [3.8, 4) is 0 Å². The van der Waals surface area contributed by atoms with Crippen molar-refractivity contribution >= 4 is 22.5 Å². The number of anilines is 2. The van der Waals surface area contributed by atoms with Gasteiger partial charge in [0.15, 0.2) is 0 Å². The highest BCUT2D eigenvalue weighted by atomic mass is 32.1. The van der Waals surface area contributed by atoms with E-state index in [2.05, 4.69) is 30.7 Å². The van der Waals surface area contributed by atoms with Gasteiger partial charge in [-0.25, -0.2) is 9.07 Å². The molecule has 2 aromatic heterocycles. The predicted octanol–water partition coefficient (Wildman–Crippen LogP) is 5.45. The minimum absolute atomic E-state index is 0.0621. The van der Waals surface area contributed by atoms with Gasteiger partial charge in [-0.2, -0.15) is 22.5 Å². The second-order valence-corrected chi connectivity index (χ2v) is 10.7. The fourth-order valence-corrected chi connectivity index (χ4v) is 6.85. The lowest BCUT2D eigenvalue weighted by atomic mass is 9.87. The highest BCUT2D eigenvalue weighted by molar-refractivity contribution is 7.10. The van der Waals surface area contributed by atoms with Gasteiger partial charge in [0.05, 0.1) is 11.3 Å². The molecule has 3 unspecified atom stereocenters. The molecule has 6 nitrogen and oxygen atoms in total. The molecule has 3 aromatic rings. The quantitative estimate of drug-likeness (QED) is 0.477. The Kier molecular flexibility index (Phi) is 5.50. The largest absolute Gasteiger partial charge is 0.416 e. The first kappa shape index (κ1) is 22.8. The second-order valence-electron chi connectivity index (χ2n) is 9.92. The first-order chi connectivity index (χ1) is 16.8. The minimum Gasteiger partial charge on any atom is -0.361 e. The van der Waals surface area contributed by atoms with Crippen molar-refractivity contribution < 1.29 is 17.6 Å². The number of nitrogens with zero attached hydrogens (tertiary/aromatic N) is 5. The number of hydrogen-bond acceptors (Lipinski definition) is 6. The number of benzene rings is 1. The Labute approximate surface area is 204 Å². The maximum atomic E-state index is 13.7. The summed E-state index contributed by atoms with van der Waals surface area (Å²) in [7, 11) is 0. The number of aryl methyl sites for hydroxylation is 2. The summed E-state index contributed by atoms with van der Waals surface area (Å²) < 4.78 is 60.9. The lowest BCUT2D eigenvalue weighted by Gasteiger charge is -2.38. The predicted molar refractivity (Wildman–Crippen MR) is 125 cm³/mol. The lowest BCUT2D eigenvalue weighted by Crippen LogP contribution is -2.48. The summed E-state index contributed by atoms with van der Waals surface area (Å²) in [6, 6.07) is 5.29. The molecule has 1 aromatic carbocycles. The molecule has 4 heterocycles. The molecule has 1 saturated carbocycles. The zero-order valence-corrected chi connectivity index (χ0v) is 20.0. The number of halogens is 4. The van der Waals surface area contributed by atoms with E-state index < -0.39 is 23.5 Å². The summed E-state index contributed by atoms with van der Waals surface area (Å²) in [5.41, 5.74) is 0.166. The van der Waals surface area contributed by atoms with E-state index in [-0.39, 0.29) is 11.6 Å². The van der Waals surface area contributed by atoms with Crippen LogP contribution in [-0.2, 0) is 12.7 Å². The molecular formula is C24H26F4N6S. The smallest absolute Gasteiger partial charge is 0.361 e. The van der Waals surface area contributed by atoms with Gasteiger partial charge < -0.3 is 10.2 Å². The maximum absolute atomic E-state index is 13.7. The Balaban J connectivity index is 1.24. The van der Waals surface area contributed by atoms with Gasteiger partial charge in [-0.3, -0.25) is 0 Å². The van der Waals surface area contributed by atoms with Gasteiger partial charge in [0.2, 0.25) is 5.95 Å². The first-order valence-corrected chi connectivity index (χ1v) is 12.8. The van der Waals surface area contributed by atoms with E-state index in [0.29, 0.717) is 49.1 Å². The first-order valence-electron chi connectivity index (χ1n) is 12.0. The number of nitrogens with one attached hydrogen (secondary N) is 1. The molecule has 0 amide bonds. The third-order valence-corrected chi connectivity index (χ3v) is 8.57. The summed E-state index contributed by atoms with van der Waals surface area (Å²) >= 11 is 1.54. The summed E-state index contributed by atoms with van der Waals surface area (Å²) in [6.07, 6.45) is -1.18. The van der Waals surface area contributed by atoms with Crippen LogP contribution < -0.4 is 10.2 Å². The third kappa shape index (κ3) is 4.17. The standard InChI is InChI=1S/C24H26F4N6S/c1-13-9-20(35-32-13)33-11-14-4-5-15(12-33)21(14)29-23-30-22-18(3-2-8-34(22)31-23)17-7-6-16(25)10-19(17)24(26,27)28/h6-7,9-10,14-15,18,21H,2-5,8,11-12H2,1H3,(H,29,31). The second kappa shape index (κ2) is 8.46. The SMILES string of the molecule is Cc1cc(N2CC3CCC(C2)C3Nc2nc3n(n2)CCCC3c2ccc(F)cc2C(F)(F)F)sn1. The van der Waals surface area contributed by atoms with E-state index in [4.69, 9.17) is 0 Å². The zero-order chi connectivity index (χ0) is 24.3. The van der Waals surface area contributed by atoms with Gasteiger partial charge in [0.1, 0.15) is 16.6 Å². The van der Waals surface area contributed by atoms with Crippen LogP contribution in [0.1, 0.15) is 54.2 Å². The van der Waals surface area contributed by atoms with Crippen molar-refractivity contribution in [2.75, 3.05) is 23.3 Å². The summed E-state index contributed by atoms with van der Waals surface area (Å²) in [5.74, 6) is 0.420. The highest BCUT2D eigenvalue weighted by Crippen LogP contribution is 2.43. The Hall–Kier alpha value is -2.69. The summed E-state index contributed by atoms with van der Waals surface area (Å²) in [4.78, 5) is 7.10. The Morgan fingerprint density at radius 2 is 1.86 bits per heavy atom. The van der Waals surface area contributed by atoms with Crippen LogP contribution in [0.2, 0.25) is 0 Å². The van der Waals surface area contributed by atoms with E-state index in [0.717, 1.165) is 37.7 Å². The van der Waals surface area contributed by atoms with E-state index >= 15 is 0 Å². The van der Waals surface area contributed by atoms with Gasteiger partial charge in [-0.15, -0.1) is 5.10 Å². The van der Waals surface area contributed by atoms with Crippen molar-refractivity contribution in [2.24, 2.45) is 11.8 Å². The van der Waals surface area contributed by atoms with Crippen LogP contribution in [-0.4, -0.2) is 38.3 Å². The molecule has 3 atom stereocenters. The number of rotatable bonds is 4. The Morgan fingerprint density at radius 1 is 1.09 bits per heavy atom. The number of alkyl halides is 3. The van der Waals surface area contributed by atoms with Crippen molar-refractivity contribution in [1.29, 1.82) is 0 Å². The number of fused-ring (bicyclic) bond motifs is 3. The fraction of sp³-hybridized carbons (Fsp3) is 0.542. The molecule has 186 valence electrons. The minimum atomic E-state index is -4.63. The lowest BCUT2D eigenvalue weighted by molar-refractivity contribution is -0.138. The van der Waals surface area contributed by atoms with E-state index in [1.54, 1.807) is 4.68 Å². The van der Waals surface area contributed by atoms with Gasteiger partial charge >= 0.3 is 6.18 Å². The van der Waals surface area contributed by atoms with Crippen LogP contribution in [0.15, 0.2) is 24.3 Å². The van der Waals surface area contributed by atoms with Crippen LogP contribution in [0.3, 0.4) is 0 Å². The topological polar surface area (TPSA) is 58.9 Å². The molecule has 1 saturated heterocycles. The van der Waals surface area contributed by atoms with E-state index in [9.17, 15) is 17.6 Å². The molecule has 11 heteroatoms. The molecular weight excluding hydrogens is 480 g/mol. The molecule has 1 aliphatic carbocycles.